The monoisotopic (exact) mass is 415 g/mol. The highest BCUT2D eigenvalue weighted by molar-refractivity contribution is 8.03. The molecule has 0 radical (unpaired) electrons. The van der Waals surface area contributed by atoms with Crippen LogP contribution in [0.4, 0.5) is 10.1 Å². The highest BCUT2D eigenvalue weighted by Gasteiger charge is 2.31. The van der Waals surface area contributed by atoms with Gasteiger partial charge in [-0.15, -0.1) is 0 Å². The van der Waals surface area contributed by atoms with Crippen LogP contribution < -0.4 is 10.6 Å². The number of nitrogens with one attached hydrogen (secondary N) is 2. The molecule has 0 bridgehead atoms. The topological polar surface area (TPSA) is 82.0 Å². The van der Waals surface area contributed by atoms with Crippen LogP contribution in [-0.2, 0) is 9.59 Å². The standard InChI is InChI=1S/C20H15ClFN3O2S/c21-15-6-2-4-8-17(15)24-19(27)11-28-20-14(10-23)13(9-18(26)25-20)12-5-1-3-7-16(12)22/h1-8,13H,9,11H2,(H,24,27)(H,25,26). The molecule has 2 aromatic rings. The molecule has 1 unspecified atom stereocenters. The number of anilines is 1. The fraction of sp³-hybridized carbons (Fsp3) is 0.150. The molecule has 5 nitrogen and oxygen atoms in total. The molecule has 1 aliphatic heterocycles. The molecule has 3 rings (SSSR count). The number of hydrogen-bond acceptors (Lipinski definition) is 4. The van der Waals surface area contributed by atoms with Gasteiger partial charge in [-0.3, -0.25) is 9.59 Å². The van der Waals surface area contributed by atoms with E-state index in [1.807, 2.05) is 0 Å². The quantitative estimate of drug-likeness (QED) is 0.767. The first kappa shape index (κ1) is 19.9. The lowest BCUT2D eigenvalue weighted by Gasteiger charge is -2.25. The Labute approximate surface area is 170 Å². The number of rotatable bonds is 5. The molecule has 2 amide bonds. The summed E-state index contributed by atoms with van der Waals surface area (Å²) in [6, 6.07) is 14.9. The van der Waals surface area contributed by atoms with Gasteiger partial charge in [-0.2, -0.15) is 5.26 Å². The van der Waals surface area contributed by atoms with E-state index in [4.69, 9.17) is 11.6 Å². The number of carbonyl (C=O) groups excluding carboxylic acids is 2. The first-order chi connectivity index (χ1) is 13.5. The molecule has 0 fully saturated rings. The number of nitriles is 1. The first-order valence-corrected chi connectivity index (χ1v) is 9.71. The Balaban J connectivity index is 1.78. The summed E-state index contributed by atoms with van der Waals surface area (Å²) in [4.78, 5) is 24.3. The fourth-order valence-electron chi connectivity index (χ4n) is 2.84. The number of para-hydroxylation sites is 1. The van der Waals surface area contributed by atoms with Crippen molar-refractivity contribution >= 4 is 40.9 Å². The molecule has 2 N–H and O–H groups in total. The molecule has 142 valence electrons. The molecule has 1 atom stereocenters. The van der Waals surface area contributed by atoms with Crippen molar-refractivity contribution in [2.75, 3.05) is 11.1 Å². The molecule has 0 aromatic heterocycles. The van der Waals surface area contributed by atoms with Gasteiger partial charge in [0.1, 0.15) is 5.82 Å². The minimum Gasteiger partial charge on any atom is -0.324 e. The maximum absolute atomic E-state index is 14.2. The zero-order valence-corrected chi connectivity index (χ0v) is 16.1. The molecule has 2 aromatic carbocycles. The van der Waals surface area contributed by atoms with E-state index in [0.717, 1.165) is 11.8 Å². The van der Waals surface area contributed by atoms with Crippen molar-refractivity contribution in [1.29, 1.82) is 5.26 Å². The minimum atomic E-state index is -0.686. The molecular formula is C20H15ClFN3O2S. The predicted molar refractivity (Wildman–Crippen MR) is 107 cm³/mol. The minimum absolute atomic E-state index is 0.0281. The average molecular weight is 416 g/mol. The van der Waals surface area contributed by atoms with Gasteiger partial charge in [-0.25, -0.2) is 4.39 Å². The van der Waals surface area contributed by atoms with Gasteiger partial charge in [-0.05, 0) is 23.8 Å². The zero-order chi connectivity index (χ0) is 20.1. The molecule has 0 saturated carbocycles. The van der Waals surface area contributed by atoms with Crippen LogP contribution in [-0.4, -0.2) is 17.6 Å². The lowest BCUT2D eigenvalue weighted by molar-refractivity contribution is -0.121. The third kappa shape index (κ3) is 4.53. The third-order valence-corrected chi connectivity index (χ3v) is 5.48. The predicted octanol–water partition coefficient (Wildman–Crippen LogP) is 4.19. The number of benzene rings is 2. The summed E-state index contributed by atoms with van der Waals surface area (Å²) in [5.74, 6) is -1.88. The molecule has 8 heteroatoms. The molecule has 1 heterocycles. The van der Waals surface area contributed by atoms with Crippen molar-refractivity contribution < 1.29 is 14.0 Å². The maximum atomic E-state index is 14.2. The number of allylic oxidation sites excluding steroid dienone is 1. The second kappa shape index (κ2) is 8.91. The highest BCUT2D eigenvalue weighted by atomic mass is 35.5. The van der Waals surface area contributed by atoms with Crippen LogP contribution in [0, 0.1) is 17.1 Å². The Morgan fingerprint density at radius 1 is 1.29 bits per heavy atom. The number of nitrogens with zero attached hydrogens (tertiary/aromatic N) is 1. The molecule has 1 aliphatic rings. The van der Waals surface area contributed by atoms with Gasteiger partial charge in [0.25, 0.3) is 0 Å². The maximum Gasteiger partial charge on any atom is 0.234 e. The fourth-order valence-corrected chi connectivity index (χ4v) is 3.90. The van der Waals surface area contributed by atoms with E-state index in [2.05, 4.69) is 16.7 Å². The third-order valence-electron chi connectivity index (χ3n) is 4.13. The Kier molecular flexibility index (Phi) is 6.34. The van der Waals surface area contributed by atoms with Crippen molar-refractivity contribution in [3.05, 3.63) is 75.5 Å². The SMILES string of the molecule is N#CC1=C(SCC(=O)Nc2ccccc2Cl)NC(=O)CC1c1ccccc1F. The molecule has 28 heavy (non-hydrogen) atoms. The van der Waals surface area contributed by atoms with Gasteiger partial charge in [0.2, 0.25) is 11.8 Å². The van der Waals surface area contributed by atoms with Crippen LogP contribution in [0.15, 0.2) is 59.1 Å². The number of hydrogen-bond donors (Lipinski definition) is 2. The van der Waals surface area contributed by atoms with Crippen LogP contribution in [0.5, 0.6) is 0 Å². The van der Waals surface area contributed by atoms with E-state index in [1.165, 1.54) is 6.07 Å². The zero-order valence-electron chi connectivity index (χ0n) is 14.5. The van der Waals surface area contributed by atoms with Crippen molar-refractivity contribution in [1.82, 2.24) is 5.32 Å². The summed E-state index contributed by atoms with van der Waals surface area (Å²) in [5, 5.41) is 15.6. The van der Waals surface area contributed by atoms with Crippen molar-refractivity contribution in [3.8, 4) is 6.07 Å². The summed E-state index contributed by atoms with van der Waals surface area (Å²) in [5.41, 5.74) is 0.994. The number of amides is 2. The molecule has 0 saturated heterocycles. The number of thioether (sulfide) groups is 1. The van der Waals surface area contributed by atoms with Gasteiger partial charge >= 0.3 is 0 Å². The summed E-state index contributed by atoms with van der Waals surface area (Å²) >= 11 is 7.04. The molecule has 0 spiro atoms. The Hall–Kier alpha value is -2.82. The van der Waals surface area contributed by atoms with Crippen molar-refractivity contribution in [2.24, 2.45) is 0 Å². The summed E-state index contributed by atoms with van der Waals surface area (Å²) < 4.78 is 14.2. The second-order valence-corrected chi connectivity index (χ2v) is 7.39. The van der Waals surface area contributed by atoms with Crippen LogP contribution in [0.1, 0.15) is 17.9 Å². The molecular weight excluding hydrogens is 401 g/mol. The lowest BCUT2D eigenvalue weighted by Crippen LogP contribution is -2.31. The Morgan fingerprint density at radius 3 is 2.71 bits per heavy atom. The van der Waals surface area contributed by atoms with Crippen LogP contribution in [0.2, 0.25) is 5.02 Å². The number of carbonyl (C=O) groups is 2. The van der Waals surface area contributed by atoms with Crippen molar-refractivity contribution in [3.63, 3.8) is 0 Å². The summed E-state index contributed by atoms with van der Waals surface area (Å²) in [7, 11) is 0. The lowest BCUT2D eigenvalue weighted by atomic mass is 9.87. The smallest absolute Gasteiger partial charge is 0.234 e. The van der Waals surface area contributed by atoms with E-state index in [1.54, 1.807) is 42.5 Å². The van der Waals surface area contributed by atoms with Gasteiger partial charge < -0.3 is 10.6 Å². The van der Waals surface area contributed by atoms with Gasteiger partial charge in [0, 0.05) is 12.3 Å². The number of halogens is 2. The summed E-state index contributed by atoms with van der Waals surface area (Å²) in [6.07, 6.45) is -0.0281. The summed E-state index contributed by atoms with van der Waals surface area (Å²) in [6.45, 7) is 0. The normalized spacial score (nSPS) is 16.3. The average Bonchev–Trinajstić information content (AvgIpc) is 2.68. The van der Waals surface area contributed by atoms with E-state index >= 15 is 0 Å². The first-order valence-electron chi connectivity index (χ1n) is 8.35. The van der Waals surface area contributed by atoms with Crippen LogP contribution in [0.3, 0.4) is 0 Å². The van der Waals surface area contributed by atoms with E-state index in [9.17, 15) is 19.2 Å². The largest absolute Gasteiger partial charge is 0.324 e. The van der Waals surface area contributed by atoms with E-state index < -0.39 is 11.7 Å². The van der Waals surface area contributed by atoms with Gasteiger partial charge in [0.15, 0.2) is 0 Å². The van der Waals surface area contributed by atoms with Crippen LogP contribution >= 0.6 is 23.4 Å². The van der Waals surface area contributed by atoms with E-state index in [0.29, 0.717) is 10.7 Å². The second-order valence-electron chi connectivity index (χ2n) is 6.00. The van der Waals surface area contributed by atoms with Gasteiger partial charge in [0.05, 0.1) is 33.1 Å². The Bertz CT molecular complexity index is 1000. The Morgan fingerprint density at radius 2 is 2.00 bits per heavy atom. The van der Waals surface area contributed by atoms with Crippen molar-refractivity contribution in [2.45, 2.75) is 12.3 Å². The van der Waals surface area contributed by atoms with E-state index in [-0.39, 0.29) is 40.2 Å². The van der Waals surface area contributed by atoms with Gasteiger partial charge in [-0.1, -0.05) is 53.7 Å². The van der Waals surface area contributed by atoms with Crippen LogP contribution in [0.25, 0.3) is 0 Å². The highest BCUT2D eigenvalue weighted by Crippen LogP contribution is 2.36. The molecule has 0 aliphatic carbocycles.